The maximum atomic E-state index is 12.7. The van der Waals surface area contributed by atoms with Crippen LogP contribution in [0.3, 0.4) is 0 Å². The van der Waals surface area contributed by atoms with Crippen molar-refractivity contribution < 1.29 is 27.4 Å². The fraction of sp³-hybridized carbons (Fsp3) is 0.296. The minimum absolute atomic E-state index is 0.207. The van der Waals surface area contributed by atoms with E-state index in [1.54, 1.807) is 48.2 Å². The summed E-state index contributed by atoms with van der Waals surface area (Å²) in [5, 5.41) is 2.82. The van der Waals surface area contributed by atoms with Gasteiger partial charge in [0.05, 0.1) is 31.3 Å². The summed E-state index contributed by atoms with van der Waals surface area (Å²) >= 11 is 1.73. The molecule has 1 saturated heterocycles. The van der Waals surface area contributed by atoms with Crippen molar-refractivity contribution in [3.8, 4) is 11.5 Å². The number of hydrogen-bond donors (Lipinski definition) is 1. The first-order chi connectivity index (χ1) is 18.0. The van der Waals surface area contributed by atoms with Gasteiger partial charge in [-0.3, -0.25) is 4.79 Å². The molecule has 37 heavy (non-hydrogen) atoms. The number of carbonyl (C=O) groups excluding carboxylic acids is 1. The topological polar surface area (TPSA) is 94.2 Å². The Bertz CT molecular complexity index is 1230. The van der Waals surface area contributed by atoms with Crippen LogP contribution in [-0.4, -0.2) is 70.4 Å². The molecule has 1 N–H and O–H groups in total. The van der Waals surface area contributed by atoms with Gasteiger partial charge in [0.25, 0.3) is 5.91 Å². The van der Waals surface area contributed by atoms with E-state index in [4.69, 9.17) is 14.2 Å². The Morgan fingerprint density at radius 3 is 2.16 bits per heavy atom. The van der Waals surface area contributed by atoms with Crippen molar-refractivity contribution in [1.29, 1.82) is 0 Å². The highest BCUT2D eigenvalue weighted by Gasteiger charge is 2.26. The molecule has 0 unspecified atom stereocenters. The molecule has 4 rings (SSSR count). The fourth-order valence-electron chi connectivity index (χ4n) is 3.62. The van der Waals surface area contributed by atoms with Gasteiger partial charge < -0.3 is 19.5 Å². The predicted octanol–water partition coefficient (Wildman–Crippen LogP) is 3.69. The van der Waals surface area contributed by atoms with E-state index < -0.39 is 10.0 Å². The number of nitrogens with one attached hydrogen (secondary N) is 1. The SMILES string of the molecule is O=C(NCCOc1ccc(S(=O)(=O)N2CCOCC2)cc1)c1ccc(OCCSc2ccccc2)cc1. The van der Waals surface area contributed by atoms with Gasteiger partial charge in [0.1, 0.15) is 18.1 Å². The molecule has 0 aliphatic carbocycles. The van der Waals surface area contributed by atoms with E-state index in [1.165, 1.54) is 21.3 Å². The number of sulfonamides is 1. The minimum Gasteiger partial charge on any atom is -0.493 e. The van der Waals surface area contributed by atoms with E-state index in [1.807, 2.05) is 18.2 Å². The number of thioether (sulfide) groups is 1. The Morgan fingerprint density at radius 1 is 0.865 bits per heavy atom. The van der Waals surface area contributed by atoms with Crippen LogP contribution >= 0.6 is 11.8 Å². The first kappa shape index (κ1) is 27.0. The van der Waals surface area contributed by atoms with E-state index in [0.717, 1.165) is 5.75 Å². The normalized spacial score (nSPS) is 14.2. The highest BCUT2D eigenvalue weighted by atomic mass is 32.2. The third kappa shape index (κ3) is 7.96. The molecule has 0 radical (unpaired) electrons. The van der Waals surface area contributed by atoms with Crippen LogP contribution in [0.1, 0.15) is 10.4 Å². The molecule has 3 aromatic carbocycles. The maximum absolute atomic E-state index is 12.7. The predicted molar refractivity (Wildman–Crippen MR) is 143 cm³/mol. The molecular formula is C27H30N2O6S2. The van der Waals surface area contributed by atoms with Crippen LogP contribution in [0.15, 0.2) is 88.7 Å². The number of nitrogens with zero attached hydrogens (tertiary/aromatic N) is 1. The Morgan fingerprint density at radius 2 is 1.49 bits per heavy atom. The molecule has 0 bridgehead atoms. The molecular weight excluding hydrogens is 512 g/mol. The van der Waals surface area contributed by atoms with Gasteiger partial charge in [-0.05, 0) is 60.7 Å². The zero-order chi connectivity index (χ0) is 25.9. The van der Waals surface area contributed by atoms with Crippen LogP contribution in [0.5, 0.6) is 11.5 Å². The molecule has 196 valence electrons. The summed E-state index contributed by atoms with van der Waals surface area (Å²) in [7, 11) is -3.54. The molecule has 10 heteroatoms. The van der Waals surface area contributed by atoms with Crippen molar-refractivity contribution in [3.05, 3.63) is 84.4 Å². The molecule has 0 atom stereocenters. The van der Waals surface area contributed by atoms with E-state index in [0.29, 0.717) is 56.5 Å². The first-order valence-corrected chi connectivity index (χ1v) is 14.4. The first-order valence-electron chi connectivity index (χ1n) is 12.0. The molecule has 0 spiro atoms. The monoisotopic (exact) mass is 542 g/mol. The number of benzene rings is 3. The van der Waals surface area contributed by atoms with E-state index in [-0.39, 0.29) is 17.4 Å². The van der Waals surface area contributed by atoms with Crippen LogP contribution in [-0.2, 0) is 14.8 Å². The van der Waals surface area contributed by atoms with E-state index in [9.17, 15) is 13.2 Å². The molecule has 3 aromatic rings. The summed E-state index contributed by atoms with van der Waals surface area (Å²) < 4.78 is 43.4. The minimum atomic E-state index is -3.54. The van der Waals surface area contributed by atoms with Crippen molar-refractivity contribution >= 4 is 27.7 Å². The summed E-state index contributed by atoms with van der Waals surface area (Å²) in [4.78, 5) is 13.8. The molecule has 1 aliphatic heterocycles. The molecule has 0 saturated carbocycles. The number of hydrogen-bond acceptors (Lipinski definition) is 7. The lowest BCUT2D eigenvalue weighted by Crippen LogP contribution is -2.40. The zero-order valence-electron chi connectivity index (χ0n) is 20.4. The number of amides is 1. The molecule has 8 nitrogen and oxygen atoms in total. The Kier molecular flexibility index (Phi) is 9.84. The Balaban J connectivity index is 1.15. The Hall–Kier alpha value is -3.05. The highest BCUT2D eigenvalue weighted by Crippen LogP contribution is 2.21. The van der Waals surface area contributed by atoms with Crippen LogP contribution in [0.25, 0.3) is 0 Å². The maximum Gasteiger partial charge on any atom is 0.251 e. The Labute approximate surface area is 222 Å². The second-order valence-corrected chi connectivity index (χ2v) is 11.2. The van der Waals surface area contributed by atoms with Crippen LogP contribution in [0.2, 0.25) is 0 Å². The van der Waals surface area contributed by atoms with Crippen LogP contribution in [0, 0.1) is 0 Å². The van der Waals surface area contributed by atoms with Gasteiger partial charge in [0.2, 0.25) is 10.0 Å². The lowest BCUT2D eigenvalue weighted by Gasteiger charge is -2.26. The number of morpholine rings is 1. The van der Waals surface area contributed by atoms with Gasteiger partial charge in [-0.25, -0.2) is 8.42 Å². The van der Waals surface area contributed by atoms with Crippen molar-refractivity contribution in [2.45, 2.75) is 9.79 Å². The second kappa shape index (κ2) is 13.5. The standard InChI is InChI=1S/C27H30N2O6S2/c30-27(22-6-8-23(9-7-22)35-20-21-36-25-4-2-1-3-5-25)28-14-17-34-24-10-12-26(13-11-24)37(31,32)29-15-18-33-19-16-29/h1-13H,14-21H2,(H,28,30). The van der Waals surface area contributed by atoms with Crippen LogP contribution < -0.4 is 14.8 Å². The molecule has 1 fully saturated rings. The van der Waals surface area contributed by atoms with Gasteiger partial charge >= 0.3 is 0 Å². The smallest absolute Gasteiger partial charge is 0.251 e. The van der Waals surface area contributed by atoms with Crippen molar-refractivity contribution in [2.75, 3.05) is 51.8 Å². The van der Waals surface area contributed by atoms with E-state index >= 15 is 0 Å². The number of carbonyl (C=O) groups is 1. The quantitative estimate of drug-likeness (QED) is 0.276. The fourth-order valence-corrected chi connectivity index (χ4v) is 5.78. The summed E-state index contributed by atoms with van der Waals surface area (Å²) in [6.07, 6.45) is 0. The average Bonchev–Trinajstić information content (AvgIpc) is 2.95. The van der Waals surface area contributed by atoms with Crippen molar-refractivity contribution in [2.24, 2.45) is 0 Å². The molecule has 0 aromatic heterocycles. The average molecular weight is 543 g/mol. The van der Waals surface area contributed by atoms with Gasteiger partial charge in [0, 0.05) is 29.3 Å². The summed E-state index contributed by atoms with van der Waals surface area (Å²) in [6, 6.07) is 23.5. The largest absolute Gasteiger partial charge is 0.493 e. The lowest BCUT2D eigenvalue weighted by atomic mass is 10.2. The number of ether oxygens (including phenoxy) is 3. The summed E-state index contributed by atoms with van der Waals surface area (Å²) in [6.45, 7) is 2.64. The second-order valence-electron chi connectivity index (χ2n) is 8.13. The molecule has 1 amide bonds. The van der Waals surface area contributed by atoms with Gasteiger partial charge in [-0.2, -0.15) is 4.31 Å². The van der Waals surface area contributed by atoms with Gasteiger partial charge in [0.15, 0.2) is 0 Å². The molecule has 1 heterocycles. The van der Waals surface area contributed by atoms with Crippen molar-refractivity contribution in [3.63, 3.8) is 0 Å². The summed E-state index contributed by atoms with van der Waals surface area (Å²) in [5.74, 6) is 1.87. The van der Waals surface area contributed by atoms with Crippen molar-refractivity contribution in [1.82, 2.24) is 9.62 Å². The van der Waals surface area contributed by atoms with E-state index in [2.05, 4.69) is 17.4 Å². The molecule has 1 aliphatic rings. The number of rotatable bonds is 12. The van der Waals surface area contributed by atoms with Crippen LogP contribution in [0.4, 0.5) is 0 Å². The highest BCUT2D eigenvalue weighted by molar-refractivity contribution is 7.99. The lowest BCUT2D eigenvalue weighted by molar-refractivity contribution is 0.0730. The third-order valence-corrected chi connectivity index (χ3v) is 8.46. The summed E-state index contributed by atoms with van der Waals surface area (Å²) in [5.41, 5.74) is 0.531. The van der Waals surface area contributed by atoms with Gasteiger partial charge in [-0.1, -0.05) is 18.2 Å². The zero-order valence-corrected chi connectivity index (χ0v) is 22.0. The third-order valence-electron chi connectivity index (χ3n) is 5.57. The van der Waals surface area contributed by atoms with Gasteiger partial charge in [-0.15, -0.1) is 11.8 Å².